The lowest BCUT2D eigenvalue weighted by Crippen LogP contribution is -2.03. The number of ether oxygens (including phenoxy) is 1. The van der Waals surface area contributed by atoms with E-state index in [0.717, 1.165) is 31.0 Å². The lowest BCUT2D eigenvalue weighted by atomic mass is 10.2. The molecule has 5 nitrogen and oxygen atoms in total. The number of nitro benzene ring substituents is 1. The van der Waals surface area contributed by atoms with E-state index in [9.17, 15) is 10.1 Å². The van der Waals surface area contributed by atoms with Crippen molar-refractivity contribution < 1.29 is 9.66 Å². The number of hydrogen-bond acceptors (Lipinski definition) is 4. The van der Waals surface area contributed by atoms with Crippen LogP contribution in [-0.4, -0.2) is 18.1 Å². The van der Waals surface area contributed by atoms with Crippen molar-refractivity contribution in [2.24, 2.45) is 5.92 Å². The van der Waals surface area contributed by atoms with Crippen molar-refractivity contribution in [2.45, 2.75) is 39.0 Å². The second kappa shape index (κ2) is 7.12. The summed E-state index contributed by atoms with van der Waals surface area (Å²) in [6, 6.07) is 4.88. The summed E-state index contributed by atoms with van der Waals surface area (Å²) in [7, 11) is 0. The first-order chi connectivity index (χ1) is 9.69. The Morgan fingerprint density at radius 3 is 2.85 bits per heavy atom. The van der Waals surface area contributed by atoms with E-state index in [2.05, 4.69) is 5.32 Å². The van der Waals surface area contributed by atoms with Gasteiger partial charge in [-0.15, -0.1) is 0 Å². The number of rotatable bonds is 9. The van der Waals surface area contributed by atoms with Gasteiger partial charge in [-0.1, -0.05) is 19.8 Å². The zero-order valence-electron chi connectivity index (χ0n) is 11.9. The largest absolute Gasteiger partial charge is 0.493 e. The van der Waals surface area contributed by atoms with Crippen LogP contribution in [0.5, 0.6) is 5.75 Å². The highest BCUT2D eigenvalue weighted by atomic mass is 16.6. The predicted molar refractivity (Wildman–Crippen MR) is 79.3 cm³/mol. The highest BCUT2D eigenvalue weighted by Crippen LogP contribution is 2.33. The minimum atomic E-state index is -0.381. The minimum absolute atomic E-state index is 0.0725. The van der Waals surface area contributed by atoms with Gasteiger partial charge in [0.25, 0.3) is 5.69 Å². The summed E-state index contributed by atoms with van der Waals surface area (Å²) in [6.07, 6.45) is 5.98. The van der Waals surface area contributed by atoms with Crippen molar-refractivity contribution in [3.63, 3.8) is 0 Å². The first-order valence-electron chi connectivity index (χ1n) is 7.35. The molecule has 0 bridgehead atoms. The Morgan fingerprint density at radius 2 is 2.20 bits per heavy atom. The number of benzene rings is 1. The van der Waals surface area contributed by atoms with Gasteiger partial charge in [0.2, 0.25) is 0 Å². The number of nitrogens with zero attached hydrogens (tertiary/aromatic N) is 1. The molecule has 5 heteroatoms. The number of hydrogen-bond donors (Lipinski definition) is 1. The highest BCUT2D eigenvalue weighted by molar-refractivity contribution is 5.56. The van der Waals surface area contributed by atoms with Crippen LogP contribution in [0.1, 0.15) is 39.0 Å². The maximum Gasteiger partial charge on any atom is 0.275 e. The molecule has 20 heavy (non-hydrogen) atoms. The van der Waals surface area contributed by atoms with E-state index in [4.69, 9.17) is 4.74 Å². The summed E-state index contributed by atoms with van der Waals surface area (Å²) in [5.41, 5.74) is 0.837. The summed E-state index contributed by atoms with van der Waals surface area (Å²) < 4.78 is 5.50. The Bertz CT molecular complexity index is 458. The van der Waals surface area contributed by atoms with Gasteiger partial charge in [-0.2, -0.15) is 0 Å². The van der Waals surface area contributed by atoms with Crippen LogP contribution in [0.2, 0.25) is 0 Å². The van der Waals surface area contributed by atoms with Gasteiger partial charge in [-0.25, -0.2) is 0 Å². The van der Waals surface area contributed by atoms with E-state index < -0.39 is 0 Å². The van der Waals surface area contributed by atoms with Crippen molar-refractivity contribution in [2.75, 3.05) is 18.5 Å². The third kappa shape index (κ3) is 4.72. The van der Waals surface area contributed by atoms with Crippen LogP contribution in [0.15, 0.2) is 18.2 Å². The molecule has 0 aromatic heterocycles. The summed E-state index contributed by atoms with van der Waals surface area (Å²) in [5.74, 6) is 1.48. The third-order valence-electron chi connectivity index (χ3n) is 3.39. The monoisotopic (exact) mass is 278 g/mol. The number of non-ortho nitro benzene ring substituents is 1. The second-order valence-electron chi connectivity index (χ2n) is 5.33. The van der Waals surface area contributed by atoms with Crippen LogP contribution in [0.25, 0.3) is 0 Å². The molecular weight excluding hydrogens is 256 g/mol. The number of anilines is 1. The first kappa shape index (κ1) is 14.6. The standard InChI is InChI=1S/C15H22N2O3/c1-2-8-20-15-10-13(9-14(11-15)17(18)19)16-7-3-4-12-5-6-12/h9-12,16H,2-8H2,1H3. The molecule has 2 rings (SSSR count). The summed E-state index contributed by atoms with van der Waals surface area (Å²) in [4.78, 5) is 10.5. The van der Waals surface area contributed by atoms with E-state index in [1.54, 1.807) is 6.07 Å². The van der Waals surface area contributed by atoms with Crippen molar-refractivity contribution in [1.29, 1.82) is 0 Å². The molecular formula is C15H22N2O3. The number of nitro groups is 1. The quantitative estimate of drug-likeness (QED) is 0.421. The SMILES string of the molecule is CCCOc1cc(NCCCC2CC2)cc([N+](=O)[O-])c1. The van der Waals surface area contributed by atoms with E-state index in [0.29, 0.717) is 12.4 Å². The minimum Gasteiger partial charge on any atom is -0.493 e. The number of nitrogens with one attached hydrogen (secondary N) is 1. The fourth-order valence-corrected chi connectivity index (χ4v) is 2.12. The molecule has 0 amide bonds. The normalized spacial score (nSPS) is 14.1. The van der Waals surface area contributed by atoms with E-state index in [1.165, 1.54) is 25.3 Å². The molecule has 0 atom stereocenters. The Morgan fingerprint density at radius 1 is 1.40 bits per heavy atom. The van der Waals surface area contributed by atoms with Crippen molar-refractivity contribution >= 4 is 11.4 Å². The van der Waals surface area contributed by atoms with Gasteiger partial charge in [-0.3, -0.25) is 10.1 Å². The Balaban J connectivity index is 1.93. The van der Waals surface area contributed by atoms with Crippen LogP contribution in [0.3, 0.4) is 0 Å². The molecule has 1 fully saturated rings. The summed E-state index contributed by atoms with van der Waals surface area (Å²) in [5, 5.41) is 14.2. The van der Waals surface area contributed by atoms with Crippen molar-refractivity contribution in [1.82, 2.24) is 0 Å². The van der Waals surface area contributed by atoms with Gasteiger partial charge < -0.3 is 10.1 Å². The second-order valence-corrected chi connectivity index (χ2v) is 5.33. The summed E-state index contributed by atoms with van der Waals surface area (Å²) >= 11 is 0. The lowest BCUT2D eigenvalue weighted by Gasteiger charge is -2.09. The zero-order chi connectivity index (χ0) is 14.4. The average Bonchev–Trinajstić information content (AvgIpc) is 3.25. The molecule has 0 saturated heterocycles. The van der Waals surface area contributed by atoms with E-state index >= 15 is 0 Å². The molecule has 0 radical (unpaired) electrons. The van der Waals surface area contributed by atoms with Crippen LogP contribution in [0.4, 0.5) is 11.4 Å². The molecule has 110 valence electrons. The maximum atomic E-state index is 10.9. The molecule has 0 unspecified atom stereocenters. The Kier molecular flexibility index (Phi) is 5.21. The molecule has 1 N–H and O–H groups in total. The fourth-order valence-electron chi connectivity index (χ4n) is 2.12. The van der Waals surface area contributed by atoms with Gasteiger partial charge in [0, 0.05) is 24.4 Å². The van der Waals surface area contributed by atoms with Gasteiger partial charge in [0.1, 0.15) is 5.75 Å². The van der Waals surface area contributed by atoms with Gasteiger partial charge >= 0.3 is 0 Å². The Labute approximate surface area is 119 Å². The van der Waals surface area contributed by atoms with Crippen molar-refractivity contribution in [3.05, 3.63) is 28.3 Å². The van der Waals surface area contributed by atoms with Crippen LogP contribution in [0, 0.1) is 16.0 Å². The molecule has 0 aliphatic heterocycles. The maximum absolute atomic E-state index is 10.9. The molecule has 0 spiro atoms. The lowest BCUT2D eigenvalue weighted by molar-refractivity contribution is -0.384. The average molecular weight is 278 g/mol. The van der Waals surface area contributed by atoms with Crippen LogP contribution in [-0.2, 0) is 0 Å². The van der Waals surface area contributed by atoms with Crippen molar-refractivity contribution in [3.8, 4) is 5.75 Å². The molecule has 1 aromatic carbocycles. The van der Waals surface area contributed by atoms with Gasteiger partial charge in [0.05, 0.1) is 17.6 Å². The van der Waals surface area contributed by atoms with E-state index in [-0.39, 0.29) is 10.6 Å². The van der Waals surface area contributed by atoms with E-state index in [1.807, 2.05) is 13.0 Å². The molecule has 1 aromatic rings. The molecule has 1 aliphatic rings. The molecule has 0 heterocycles. The van der Waals surface area contributed by atoms with Gasteiger partial charge in [-0.05, 0) is 25.2 Å². The summed E-state index contributed by atoms with van der Waals surface area (Å²) in [6.45, 7) is 3.43. The first-order valence-corrected chi connectivity index (χ1v) is 7.35. The van der Waals surface area contributed by atoms with Crippen LogP contribution < -0.4 is 10.1 Å². The molecule has 1 saturated carbocycles. The highest BCUT2D eigenvalue weighted by Gasteiger charge is 2.20. The topological polar surface area (TPSA) is 64.4 Å². The van der Waals surface area contributed by atoms with Gasteiger partial charge in [0.15, 0.2) is 0 Å². The fraction of sp³-hybridized carbons (Fsp3) is 0.600. The van der Waals surface area contributed by atoms with Crippen LogP contribution >= 0.6 is 0 Å². The third-order valence-corrected chi connectivity index (χ3v) is 3.39. The predicted octanol–water partition coefficient (Wildman–Crippen LogP) is 3.99. The Hall–Kier alpha value is -1.78. The zero-order valence-corrected chi connectivity index (χ0v) is 11.9. The smallest absolute Gasteiger partial charge is 0.275 e. The molecule has 1 aliphatic carbocycles.